The van der Waals surface area contributed by atoms with Crippen molar-refractivity contribution in [2.24, 2.45) is 0 Å². The lowest BCUT2D eigenvalue weighted by Gasteiger charge is -2.16. The molecule has 100 valence electrons. The Bertz CT molecular complexity index is 592. The third-order valence-corrected chi connectivity index (χ3v) is 6.64. The molecule has 0 radical (unpaired) electrons. The summed E-state index contributed by atoms with van der Waals surface area (Å²) in [5.74, 6) is 0. The van der Waals surface area contributed by atoms with Crippen molar-refractivity contribution in [3.8, 4) is 0 Å². The maximum absolute atomic E-state index is 5.48. The number of thiophene rings is 1. The van der Waals surface area contributed by atoms with Crippen LogP contribution in [-0.2, 0) is 18.0 Å². The van der Waals surface area contributed by atoms with Crippen LogP contribution in [0.25, 0.3) is 0 Å². The molecule has 0 fully saturated rings. The third-order valence-electron chi connectivity index (χ3n) is 3.32. The zero-order chi connectivity index (χ0) is 13.4. The van der Waals surface area contributed by atoms with E-state index in [1.54, 1.807) is 11.3 Å². The molecule has 0 spiro atoms. The van der Waals surface area contributed by atoms with Gasteiger partial charge in [0.25, 0.3) is 0 Å². The van der Waals surface area contributed by atoms with Gasteiger partial charge in [0.1, 0.15) is 0 Å². The van der Waals surface area contributed by atoms with Gasteiger partial charge in [-0.1, -0.05) is 18.2 Å². The van der Waals surface area contributed by atoms with Gasteiger partial charge in [0.2, 0.25) is 0 Å². The second kappa shape index (κ2) is 5.66. The summed E-state index contributed by atoms with van der Waals surface area (Å²) in [6.45, 7) is 1.48. The van der Waals surface area contributed by atoms with Crippen LogP contribution in [0.2, 0.25) is 0 Å². The van der Waals surface area contributed by atoms with Crippen LogP contribution in [0.15, 0.2) is 32.5 Å². The maximum Gasteiger partial charge on any atom is 0.0843 e. The summed E-state index contributed by atoms with van der Waals surface area (Å²) in [4.78, 5) is 1.29. The maximum atomic E-state index is 5.48. The van der Waals surface area contributed by atoms with Gasteiger partial charge in [0.05, 0.1) is 23.0 Å². The molecule has 1 aliphatic rings. The van der Waals surface area contributed by atoms with Crippen LogP contribution in [0.5, 0.6) is 0 Å². The first kappa shape index (κ1) is 13.8. The normalized spacial score (nSPS) is 15.5. The molecule has 3 rings (SSSR count). The Morgan fingerprint density at radius 3 is 2.68 bits per heavy atom. The summed E-state index contributed by atoms with van der Waals surface area (Å²) in [6.07, 6.45) is 0. The second-order valence-corrected chi connectivity index (χ2v) is 7.77. The molecule has 1 aliphatic heterocycles. The van der Waals surface area contributed by atoms with E-state index in [4.69, 9.17) is 4.74 Å². The molecular formula is C14H13Br2NOS. The summed E-state index contributed by atoms with van der Waals surface area (Å²) in [7, 11) is 2.00. The zero-order valence-corrected chi connectivity index (χ0v) is 14.4. The van der Waals surface area contributed by atoms with E-state index in [0.29, 0.717) is 0 Å². The van der Waals surface area contributed by atoms with Gasteiger partial charge in [-0.05, 0) is 61.7 Å². The quantitative estimate of drug-likeness (QED) is 0.809. The topological polar surface area (TPSA) is 21.3 Å². The average Bonchev–Trinajstić information content (AvgIpc) is 2.98. The second-order valence-electron chi connectivity index (χ2n) is 4.51. The van der Waals surface area contributed by atoms with Gasteiger partial charge in [0.15, 0.2) is 0 Å². The first-order chi connectivity index (χ1) is 9.19. The van der Waals surface area contributed by atoms with Gasteiger partial charge in [-0.2, -0.15) is 0 Å². The smallest absolute Gasteiger partial charge is 0.0843 e. The van der Waals surface area contributed by atoms with Crippen LogP contribution in [-0.4, -0.2) is 7.05 Å². The van der Waals surface area contributed by atoms with Crippen molar-refractivity contribution < 1.29 is 4.74 Å². The Balaban J connectivity index is 1.98. The molecule has 19 heavy (non-hydrogen) atoms. The molecule has 2 heterocycles. The van der Waals surface area contributed by atoms with Crippen LogP contribution >= 0.6 is 43.2 Å². The number of halogens is 2. The van der Waals surface area contributed by atoms with Crippen LogP contribution in [0, 0.1) is 0 Å². The van der Waals surface area contributed by atoms with E-state index in [-0.39, 0.29) is 6.04 Å². The molecule has 1 aromatic heterocycles. The molecule has 0 amide bonds. The summed E-state index contributed by atoms with van der Waals surface area (Å²) in [5.41, 5.74) is 3.91. The molecule has 2 aromatic rings. The third kappa shape index (κ3) is 2.67. The molecule has 0 aliphatic carbocycles. The number of fused-ring (bicyclic) bond motifs is 1. The lowest BCUT2D eigenvalue weighted by atomic mass is 10.0. The van der Waals surface area contributed by atoms with Crippen LogP contribution in [0.3, 0.4) is 0 Å². The van der Waals surface area contributed by atoms with Gasteiger partial charge in [0, 0.05) is 9.35 Å². The van der Waals surface area contributed by atoms with Gasteiger partial charge in [-0.25, -0.2) is 0 Å². The number of nitrogens with one attached hydrogen (secondary N) is 1. The highest BCUT2D eigenvalue weighted by Crippen LogP contribution is 2.38. The van der Waals surface area contributed by atoms with E-state index >= 15 is 0 Å². The van der Waals surface area contributed by atoms with E-state index in [9.17, 15) is 0 Å². The van der Waals surface area contributed by atoms with E-state index in [1.807, 2.05) is 7.05 Å². The largest absolute Gasteiger partial charge is 0.372 e. The van der Waals surface area contributed by atoms with Crippen molar-refractivity contribution >= 4 is 43.2 Å². The Hall–Kier alpha value is -0.200. The van der Waals surface area contributed by atoms with Gasteiger partial charge in [-0.15, -0.1) is 11.3 Å². The van der Waals surface area contributed by atoms with Crippen LogP contribution < -0.4 is 5.32 Å². The minimum atomic E-state index is 0.221. The number of hydrogen-bond donors (Lipinski definition) is 1. The SMILES string of the molecule is CNC(c1ccc2c(c1)COC2)c1cc(Br)c(Br)s1. The Morgan fingerprint density at radius 2 is 2.00 bits per heavy atom. The first-order valence-corrected chi connectivity index (χ1v) is 8.40. The lowest BCUT2D eigenvalue weighted by molar-refractivity contribution is 0.134. The van der Waals surface area contributed by atoms with Crippen molar-refractivity contribution in [3.63, 3.8) is 0 Å². The number of hydrogen-bond acceptors (Lipinski definition) is 3. The molecule has 0 bridgehead atoms. The van der Waals surface area contributed by atoms with Gasteiger partial charge >= 0.3 is 0 Å². The fraction of sp³-hybridized carbons (Fsp3) is 0.286. The van der Waals surface area contributed by atoms with Crippen LogP contribution in [0.4, 0.5) is 0 Å². The van der Waals surface area contributed by atoms with E-state index in [1.165, 1.54) is 21.6 Å². The molecule has 1 N–H and O–H groups in total. The molecule has 2 nitrogen and oxygen atoms in total. The van der Waals surface area contributed by atoms with Crippen molar-refractivity contribution in [2.75, 3.05) is 7.05 Å². The van der Waals surface area contributed by atoms with E-state index < -0.39 is 0 Å². The Labute approximate surface area is 133 Å². The highest BCUT2D eigenvalue weighted by molar-refractivity contribution is 9.13. The molecule has 5 heteroatoms. The summed E-state index contributed by atoms with van der Waals surface area (Å²) in [5, 5.41) is 3.39. The van der Waals surface area contributed by atoms with Crippen molar-refractivity contribution in [2.45, 2.75) is 19.3 Å². The minimum Gasteiger partial charge on any atom is -0.372 e. The number of rotatable bonds is 3. The first-order valence-electron chi connectivity index (χ1n) is 6.00. The predicted molar refractivity (Wildman–Crippen MR) is 85.6 cm³/mol. The summed E-state index contributed by atoms with van der Waals surface area (Å²) < 4.78 is 7.72. The van der Waals surface area contributed by atoms with Gasteiger partial charge in [-0.3, -0.25) is 0 Å². The lowest BCUT2D eigenvalue weighted by Crippen LogP contribution is -2.16. The number of ether oxygens (including phenoxy) is 1. The highest BCUT2D eigenvalue weighted by Gasteiger charge is 2.19. The van der Waals surface area contributed by atoms with Crippen molar-refractivity contribution in [1.82, 2.24) is 5.32 Å². The minimum absolute atomic E-state index is 0.221. The average molecular weight is 403 g/mol. The Kier molecular flexibility index (Phi) is 4.10. The number of benzene rings is 1. The monoisotopic (exact) mass is 401 g/mol. The zero-order valence-electron chi connectivity index (χ0n) is 10.4. The summed E-state index contributed by atoms with van der Waals surface area (Å²) >= 11 is 8.86. The van der Waals surface area contributed by atoms with Crippen molar-refractivity contribution in [3.05, 3.63) is 54.1 Å². The van der Waals surface area contributed by atoms with Crippen LogP contribution in [0.1, 0.15) is 27.6 Å². The molecule has 0 saturated heterocycles. The molecule has 0 saturated carbocycles. The molecular weight excluding hydrogens is 390 g/mol. The van der Waals surface area contributed by atoms with Gasteiger partial charge < -0.3 is 10.1 Å². The predicted octanol–water partition coefficient (Wildman–Crippen LogP) is 4.61. The summed E-state index contributed by atoms with van der Waals surface area (Å²) in [6, 6.07) is 9.01. The van der Waals surface area contributed by atoms with E-state index in [2.05, 4.69) is 61.4 Å². The Morgan fingerprint density at radius 1 is 1.21 bits per heavy atom. The fourth-order valence-corrected chi connectivity index (χ4v) is 4.58. The molecule has 1 aromatic carbocycles. The highest BCUT2D eigenvalue weighted by atomic mass is 79.9. The van der Waals surface area contributed by atoms with E-state index in [0.717, 1.165) is 21.5 Å². The molecule has 1 atom stereocenters. The standard InChI is InChI=1S/C14H13Br2NOS/c1-17-13(12-5-11(15)14(16)19-12)8-2-3-9-6-18-7-10(9)4-8/h2-5,13,17H,6-7H2,1H3. The molecule has 1 unspecified atom stereocenters. The fourth-order valence-electron chi connectivity index (χ4n) is 2.35. The van der Waals surface area contributed by atoms with Crippen molar-refractivity contribution in [1.29, 1.82) is 0 Å².